The molecule has 0 heterocycles. The molecule has 3 N–H and O–H groups in total. The minimum Gasteiger partial charge on any atom is -0.507 e. The number of hydrogen-bond acceptors (Lipinski definition) is 5. The highest BCUT2D eigenvalue weighted by molar-refractivity contribution is 6.10. The summed E-state index contributed by atoms with van der Waals surface area (Å²) >= 11 is 0. The summed E-state index contributed by atoms with van der Waals surface area (Å²) in [5.74, 6) is -0.982. The smallest absolute Gasteiger partial charge is 0.193 e. The Labute approximate surface area is 183 Å². The fourth-order valence-electron chi connectivity index (χ4n) is 3.06. The lowest BCUT2D eigenvalue weighted by atomic mass is 9.98. The van der Waals surface area contributed by atoms with Crippen LogP contribution in [0, 0.1) is 0 Å². The van der Waals surface area contributed by atoms with Crippen molar-refractivity contribution in [3.8, 4) is 23.0 Å². The predicted octanol–water partition coefficient (Wildman–Crippen LogP) is 5.94. The number of ether oxygens (including phenoxy) is 1. The van der Waals surface area contributed by atoms with Crippen LogP contribution in [-0.4, -0.2) is 28.2 Å². The Balaban J connectivity index is 2.23. The zero-order valence-corrected chi connectivity index (χ0v) is 18.5. The number of phenols is 3. The van der Waals surface area contributed by atoms with E-state index in [9.17, 15) is 20.1 Å². The van der Waals surface area contributed by atoms with Crippen molar-refractivity contribution in [1.82, 2.24) is 0 Å². The van der Waals surface area contributed by atoms with Crippen LogP contribution >= 0.6 is 0 Å². The van der Waals surface area contributed by atoms with E-state index in [0.29, 0.717) is 5.75 Å². The average molecular weight is 423 g/mol. The molecular weight excluding hydrogens is 392 g/mol. The molecule has 0 bridgehead atoms. The maximum absolute atomic E-state index is 12.7. The van der Waals surface area contributed by atoms with Crippen LogP contribution in [0.25, 0.3) is 6.08 Å². The van der Waals surface area contributed by atoms with Gasteiger partial charge in [-0.25, -0.2) is 0 Å². The highest BCUT2D eigenvalue weighted by Gasteiger charge is 2.20. The summed E-state index contributed by atoms with van der Waals surface area (Å²) in [6.45, 7) is 6.08. The van der Waals surface area contributed by atoms with Gasteiger partial charge in [0.05, 0.1) is 7.11 Å². The van der Waals surface area contributed by atoms with Gasteiger partial charge in [-0.05, 0) is 63.8 Å². The zero-order chi connectivity index (χ0) is 23.0. The molecule has 2 rings (SSSR count). The second kappa shape index (κ2) is 11.1. The molecule has 0 radical (unpaired) electrons. The second-order valence-electron chi connectivity index (χ2n) is 7.66. The number of carbonyl (C=O) groups excluding carboxylic acids is 1. The molecule has 0 amide bonds. The number of allylic oxidation sites excluding steroid dienone is 5. The molecule has 31 heavy (non-hydrogen) atoms. The quantitative estimate of drug-likeness (QED) is 0.264. The lowest BCUT2D eigenvalue weighted by molar-refractivity contribution is 0.104. The minimum absolute atomic E-state index is 0.209. The maximum atomic E-state index is 12.7. The summed E-state index contributed by atoms with van der Waals surface area (Å²) in [4.78, 5) is 12.7. The van der Waals surface area contributed by atoms with E-state index in [1.807, 2.05) is 26.8 Å². The topological polar surface area (TPSA) is 87.0 Å². The van der Waals surface area contributed by atoms with E-state index in [-0.39, 0.29) is 23.3 Å². The van der Waals surface area contributed by atoms with Crippen LogP contribution < -0.4 is 4.74 Å². The number of aromatic hydroxyl groups is 3. The van der Waals surface area contributed by atoms with Crippen molar-refractivity contribution in [1.29, 1.82) is 0 Å². The lowest BCUT2D eigenvalue weighted by Crippen LogP contribution is -1.99. The highest BCUT2D eigenvalue weighted by Crippen LogP contribution is 2.38. The number of hydrogen-bond donors (Lipinski definition) is 3. The number of carbonyl (C=O) groups is 1. The van der Waals surface area contributed by atoms with E-state index < -0.39 is 17.3 Å². The average Bonchev–Trinajstić information content (AvgIpc) is 2.71. The Morgan fingerprint density at radius 2 is 1.68 bits per heavy atom. The number of benzene rings is 2. The van der Waals surface area contributed by atoms with Crippen LogP contribution in [0.3, 0.4) is 0 Å². The van der Waals surface area contributed by atoms with Gasteiger partial charge in [0.15, 0.2) is 5.78 Å². The molecule has 5 heteroatoms. The molecule has 0 spiro atoms. The van der Waals surface area contributed by atoms with Gasteiger partial charge in [-0.2, -0.15) is 0 Å². The van der Waals surface area contributed by atoms with Gasteiger partial charge in [0, 0.05) is 11.6 Å². The molecule has 0 saturated carbocycles. The van der Waals surface area contributed by atoms with Crippen LogP contribution in [0.15, 0.2) is 59.7 Å². The van der Waals surface area contributed by atoms with Gasteiger partial charge >= 0.3 is 0 Å². The fourth-order valence-corrected chi connectivity index (χ4v) is 3.06. The second-order valence-corrected chi connectivity index (χ2v) is 7.66. The number of methoxy groups -OCH3 is 1. The van der Waals surface area contributed by atoms with Gasteiger partial charge in [0.25, 0.3) is 0 Å². The van der Waals surface area contributed by atoms with Crippen molar-refractivity contribution >= 4 is 11.9 Å². The van der Waals surface area contributed by atoms with Crippen molar-refractivity contribution in [3.05, 3.63) is 76.4 Å². The van der Waals surface area contributed by atoms with Crippen LogP contribution in [0.1, 0.15) is 55.1 Å². The van der Waals surface area contributed by atoms with E-state index >= 15 is 0 Å². The van der Waals surface area contributed by atoms with Gasteiger partial charge in [-0.15, -0.1) is 0 Å². The lowest BCUT2D eigenvalue weighted by Gasteiger charge is -2.11. The van der Waals surface area contributed by atoms with Crippen molar-refractivity contribution in [2.24, 2.45) is 0 Å². The van der Waals surface area contributed by atoms with Gasteiger partial charge < -0.3 is 20.1 Å². The van der Waals surface area contributed by atoms with E-state index in [0.717, 1.165) is 30.0 Å². The molecule has 0 atom stereocenters. The molecule has 5 nitrogen and oxygen atoms in total. The normalized spacial score (nSPS) is 11.5. The molecule has 0 unspecified atom stereocenters. The molecule has 0 aliphatic heterocycles. The van der Waals surface area contributed by atoms with Gasteiger partial charge in [-0.3, -0.25) is 4.79 Å². The molecule has 2 aromatic carbocycles. The third kappa shape index (κ3) is 6.78. The molecule has 0 aliphatic rings. The van der Waals surface area contributed by atoms with Gasteiger partial charge in [0.2, 0.25) is 0 Å². The maximum Gasteiger partial charge on any atom is 0.193 e. The highest BCUT2D eigenvalue weighted by atomic mass is 16.5. The predicted molar refractivity (Wildman–Crippen MR) is 124 cm³/mol. The molecule has 0 aromatic heterocycles. The monoisotopic (exact) mass is 422 g/mol. The van der Waals surface area contributed by atoms with Crippen molar-refractivity contribution < 1.29 is 24.9 Å². The summed E-state index contributed by atoms with van der Waals surface area (Å²) < 4.78 is 5.10. The summed E-state index contributed by atoms with van der Waals surface area (Å²) in [7, 11) is 1.57. The summed E-state index contributed by atoms with van der Waals surface area (Å²) in [6.07, 6.45) is 8.95. The first-order chi connectivity index (χ1) is 14.7. The summed E-state index contributed by atoms with van der Waals surface area (Å²) in [6, 6.07) is 8.20. The number of rotatable bonds is 9. The first kappa shape index (κ1) is 23.8. The van der Waals surface area contributed by atoms with Crippen LogP contribution in [0.2, 0.25) is 0 Å². The van der Waals surface area contributed by atoms with Crippen molar-refractivity contribution in [2.75, 3.05) is 7.11 Å². The summed E-state index contributed by atoms with van der Waals surface area (Å²) in [5.41, 5.74) is 3.11. The Hall–Kier alpha value is -3.47. The SMILES string of the molecule is COc1ccc(/C=C/C(=O)c2c(O)cc(O)c(C/C=C(\C)CCC=C(C)C)c2O)cc1. The fraction of sp³-hybridized carbons (Fsp3) is 0.269. The van der Waals surface area contributed by atoms with E-state index in [1.54, 1.807) is 37.5 Å². The number of phenolic OH excluding ortho intramolecular Hbond substituents is 3. The van der Waals surface area contributed by atoms with Gasteiger partial charge in [-0.1, -0.05) is 41.5 Å². The molecule has 0 aliphatic carbocycles. The molecule has 164 valence electrons. The first-order valence-electron chi connectivity index (χ1n) is 10.1. The third-order valence-corrected chi connectivity index (χ3v) is 4.90. The number of ketones is 1. The summed E-state index contributed by atoms with van der Waals surface area (Å²) in [5, 5.41) is 31.0. The molecular formula is C26H30O5. The molecule has 0 fully saturated rings. The first-order valence-corrected chi connectivity index (χ1v) is 10.1. The zero-order valence-electron chi connectivity index (χ0n) is 18.5. The van der Waals surface area contributed by atoms with E-state index in [4.69, 9.17) is 4.74 Å². The Morgan fingerprint density at radius 3 is 2.29 bits per heavy atom. The Morgan fingerprint density at radius 1 is 1.00 bits per heavy atom. The van der Waals surface area contributed by atoms with E-state index in [2.05, 4.69) is 6.08 Å². The standard InChI is InChI=1S/C26H30O5/c1-17(2)6-5-7-18(3)8-14-21-23(28)16-24(29)25(26(21)30)22(27)15-11-19-9-12-20(31-4)13-10-19/h6,8-13,15-16,28-30H,5,7,14H2,1-4H3/b15-11+,18-8+. The van der Waals surface area contributed by atoms with Crippen molar-refractivity contribution in [2.45, 2.75) is 40.0 Å². The minimum atomic E-state index is -0.559. The van der Waals surface area contributed by atoms with Crippen LogP contribution in [0.5, 0.6) is 23.0 Å². The van der Waals surface area contributed by atoms with Crippen molar-refractivity contribution in [3.63, 3.8) is 0 Å². The van der Waals surface area contributed by atoms with Gasteiger partial charge in [0.1, 0.15) is 28.6 Å². The molecule has 2 aromatic rings. The van der Waals surface area contributed by atoms with Crippen LogP contribution in [0.4, 0.5) is 0 Å². The third-order valence-electron chi connectivity index (χ3n) is 4.90. The Bertz CT molecular complexity index is 1010. The molecule has 0 saturated heterocycles. The largest absolute Gasteiger partial charge is 0.507 e. The van der Waals surface area contributed by atoms with Crippen LogP contribution in [-0.2, 0) is 6.42 Å². The Kier molecular flexibility index (Phi) is 8.50. The van der Waals surface area contributed by atoms with E-state index in [1.165, 1.54) is 11.6 Å².